The van der Waals surface area contributed by atoms with Crippen LogP contribution in [0.15, 0.2) is 60.7 Å². The van der Waals surface area contributed by atoms with E-state index >= 15 is 0 Å². The minimum Gasteiger partial charge on any atom is -0.323 e. The number of fused-ring (bicyclic) bond motifs is 1. The highest BCUT2D eigenvalue weighted by molar-refractivity contribution is 6.14. The molecule has 0 saturated carbocycles. The lowest BCUT2D eigenvalue weighted by Gasteiger charge is -2.28. The Kier molecular flexibility index (Phi) is 3.35. The summed E-state index contributed by atoms with van der Waals surface area (Å²) in [4.78, 5) is 26.1. The fraction of sp³-hybridized carbons (Fsp3) is 0.0556. The molecule has 4 rings (SSSR count). The number of H-pyrrole nitrogens is 1. The average Bonchev–Trinajstić information content (AvgIpc) is 3.11. The maximum Gasteiger partial charge on any atom is 0.276 e. The molecule has 0 unspecified atom stereocenters. The summed E-state index contributed by atoms with van der Waals surface area (Å²) in [6.45, 7) is -0.0183. The molecule has 2 N–H and O–H groups in total. The van der Waals surface area contributed by atoms with Crippen LogP contribution in [0.4, 0.5) is 11.4 Å². The van der Waals surface area contributed by atoms with Gasteiger partial charge in [-0.25, -0.2) is 0 Å². The van der Waals surface area contributed by atoms with Crippen molar-refractivity contribution in [3.63, 3.8) is 0 Å². The summed E-state index contributed by atoms with van der Waals surface area (Å²) in [6, 6.07) is 18.5. The van der Waals surface area contributed by atoms with Crippen molar-refractivity contribution in [2.75, 3.05) is 16.8 Å². The minimum absolute atomic E-state index is 0.0183. The number of hydrogen-bond acceptors (Lipinski definition) is 3. The van der Waals surface area contributed by atoms with Gasteiger partial charge in [-0.05, 0) is 18.2 Å². The predicted molar refractivity (Wildman–Crippen MR) is 90.8 cm³/mol. The molecule has 2 aromatic carbocycles. The van der Waals surface area contributed by atoms with Gasteiger partial charge in [0.1, 0.15) is 12.2 Å². The van der Waals surface area contributed by atoms with Gasteiger partial charge in [0.15, 0.2) is 0 Å². The monoisotopic (exact) mass is 318 g/mol. The summed E-state index contributed by atoms with van der Waals surface area (Å²) < 4.78 is 0. The van der Waals surface area contributed by atoms with E-state index in [0.717, 1.165) is 5.56 Å². The van der Waals surface area contributed by atoms with Gasteiger partial charge >= 0.3 is 0 Å². The van der Waals surface area contributed by atoms with E-state index < -0.39 is 0 Å². The van der Waals surface area contributed by atoms with Crippen LogP contribution in [0.2, 0.25) is 0 Å². The molecular weight excluding hydrogens is 304 g/mol. The van der Waals surface area contributed by atoms with Gasteiger partial charge in [-0.2, -0.15) is 5.10 Å². The lowest BCUT2D eigenvalue weighted by Crippen LogP contribution is -2.42. The molecule has 1 aliphatic heterocycles. The smallest absolute Gasteiger partial charge is 0.276 e. The van der Waals surface area contributed by atoms with Crippen molar-refractivity contribution in [2.24, 2.45) is 0 Å². The van der Waals surface area contributed by atoms with Gasteiger partial charge in [0, 0.05) is 5.56 Å². The summed E-state index contributed by atoms with van der Waals surface area (Å²) in [5, 5.41) is 9.75. The Balaban J connectivity index is 1.68. The summed E-state index contributed by atoms with van der Waals surface area (Å²) in [7, 11) is 0. The molecule has 0 aliphatic carbocycles. The van der Waals surface area contributed by atoms with Crippen LogP contribution in [0, 0.1) is 0 Å². The highest BCUT2D eigenvalue weighted by Gasteiger charge is 2.28. The van der Waals surface area contributed by atoms with Crippen molar-refractivity contribution in [3.05, 3.63) is 66.4 Å². The molecule has 6 nitrogen and oxygen atoms in total. The van der Waals surface area contributed by atoms with Crippen LogP contribution < -0.4 is 10.2 Å². The van der Waals surface area contributed by atoms with E-state index in [9.17, 15) is 9.59 Å². The Bertz CT molecular complexity index is 918. The molecule has 0 bridgehead atoms. The van der Waals surface area contributed by atoms with E-state index in [2.05, 4.69) is 15.5 Å². The Labute approximate surface area is 138 Å². The minimum atomic E-state index is -0.285. The van der Waals surface area contributed by atoms with Crippen molar-refractivity contribution in [2.45, 2.75) is 0 Å². The maximum absolute atomic E-state index is 12.8. The highest BCUT2D eigenvalue weighted by atomic mass is 16.2. The zero-order chi connectivity index (χ0) is 16.5. The molecule has 6 heteroatoms. The van der Waals surface area contributed by atoms with E-state index in [4.69, 9.17) is 0 Å². The molecule has 0 radical (unpaired) electrons. The molecule has 2 heterocycles. The number of hydrogen-bond donors (Lipinski definition) is 2. The molecule has 0 saturated heterocycles. The Morgan fingerprint density at radius 3 is 2.62 bits per heavy atom. The van der Waals surface area contributed by atoms with Gasteiger partial charge in [0.25, 0.3) is 5.91 Å². The fourth-order valence-electron chi connectivity index (χ4n) is 2.75. The van der Waals surface area contributed by atoms with Gasteiger partial charge < -0.3 is 5.32 Å². The number of nitrogens with one attached hydrogen (secondary N) is 2. The molecule has 1 aliphatic rings. The Morgan fingerprint density at radius 1 is 1.04 bits per heavy atom. The first-order valence-corrected chi connectivity index (χ1v) is 7.54. The summed E-state index contributed by atoms with van der Waals surface area (Å²) >= 11 is 0. The second kappa shape index (κ2) is 5.66. The second-order valence-electron chi connectivity index (χ2n) is 5.49. The molecule has 24 heavy (non-hydrogen) atoms. The van der Waals surface area contributed by atoms with Crippen molar-refractivity contribution in [1.82, 2.24) is 10.2 Å². The predicted octanol–water partition coefficient (Wildman–Crippen LogP) is 2.68. The van der Waals surface area contributed by atoms with Crippen LogP contribution in [-0.4, -0.2) is 28.6 Å². The summed E-state index contributed by atoms with van der Waals surface area (Å²) in [5.74, 6) is -0.503. The zero-order valence-corrected chi connectivity index (χ0v) is 12.7. The van der Waals surface area contributed by atoms with Crippen molar-refractivity contribution < 1.29 is 9.59 Å². The zero-order valence-electron chi connectivity index (χ0n) is 12.7. The normalized spacial score (nSPS) is 13.3. The van der Waals surface area contributed by atoms with E-state index in [-0.39, 0.29) is 18.4 Å². The van der Waals surface area contributed by atoms with Crippen molar-refractivity contribution in [1.29, 1.82) is 0 Å². The summed E-state index contributed by atoms with van der Waals surface area (Å²) in [6.07, 6.45) is 0. The molecule has 118 valence electrons. The first kappa shape index (κ1) is 14.2. The number of nitrogens with zero attached hydrogens (tertiary/aromatic N) is 2. The van der Waals surface area contributed by atoms with Crippen molar-refractivity contribution in [3.8, 4) is 11.3 Å². The van der Waals surface area contributed by atoms with Crippen LogP contribution >= 0.6 is 0 Å². The van der Waals surface area contributed by atoms with E-state index in [1.54, 1.807) is 18.2 Å². The number of benzene rings is 2. The first-order valence-electron chi connectivity index (χ1n) is 7.54. The van der Waals surface area contributed by atoms with Gasteiger partial charge in [0.05, 0.1) is 17.1 Å². The quantitative estimate of drug-likeness (QED) is 0.762. The average molecular weight is 318 g/mol. The number of para-hydroxylation sites is 2. The maximum atomic E-state index is 12.8. The first-order chi connectivity index (χ1) is 11.7. The third-order valence-corrected chi connectivity index (χ3v) is 3.89. The SMILES string of the molecule is O=C1CN(C(=O)c2cc(-c3ccccc3)n[nH]2)c2ccccc2N1. The number of carbonyl (C=O) groups is 2. The number of anilines is 2. The third-order valence-electron chi connectivity index (χ3n) is 3.89. The fourth-order valence-corrected chi connectivity index (χ4v) is 2.75. The number of aromatic nitrogens is 2. The van der Waals surface area contributed by atoms with Crippen LogP contribution in [0.1, 0.15) is 10.5 Å². The molecule has 1 aromatic heterocycles. The molecular formula is C18H14N4O2. The van der Waals surface area contributed by atoms with Crippen LogP contribution in [-0.2, 0) is 4.79 Å². The number of aromatic amines is 1. The molecule has 0 spiro atoms. The van der Waals surface area contributed by atoms with Gasteiger partial charge in [0.2, 0.25) is 5.91 Å². The Hall–Kier alpha value is -3.41. The lowest BCUT2D eigenvalue weighted by atomic mass is 10.1. The third kappa shape index (κ3) is 2.44. The number of carbonyl (C=O) groups excluding carboxylic acids is 2. The number of amides is 2. The van der Waals surface area contributed by atoms with Gasteiger partial charge in [-0.1, -0.05) is 42.5 Å². The summed E-state index contributed by atoms with van der Waals surface area (Å²) in [5.41, 5.74) is 3.26. The van der Waals surface area contributed by atoms with Crippen LogP contribution in [0.5, 0.6) is 0 Å². The Morgan fingerprint density at radius 2 is 1.79 bits per heavy atom. The molecule has 0 atom stereocenters. The number of rotatable bonds is 2. The largest absolute Gasteiger partial charge is 0.323 e. The lowest BCUT2D eigenvalue weighted by molar-refractivity contribution is -0.115. The van der Waals surface area contributed by atoms with Gasteiger partial charge in [-0.3, -0.25) is 19.6 Å². The highest BCUT2D eigenvalue weighted by Crippen LogP contribution is 2.30. The van der Waals surface area contributed by atoms with Gasteiger partial charge in [-0.15, -0.1) is 0 Å². The van der Waals surface area contributed by atoms with E-state index in [1.165, 1.54) is 4.90 Å². The van der Waals surface area contributed by atoms with Crippen LogP contribution in [0.3, 0.4) is 0 Å². The topological polar surface area (TPSA) is 78.1 Å². The van der Waals surface area contributed by atoms with Crippen molar-refractivity contribution >= 4 is 23.2 Å². The molecule has 3 aromatic rings. The molecule has 0 fully saturated rings. The second-order valence-corrected chi connectivity index (χ2v) is 5.49. The van der Waals surface area contributed by atoms with E-state index in [0.29, 0.717) is 22.8 Å². The standard InChI is InChI=1S/C18H14N4O2/c23-17-11-22(16-9-5-4-8-13(16)19-17)18(24)15-10-14(20-21-15)12-6-2-1-3-7-12/h1-10H,11H2,(H,19,23)(H,20,21). The van der Waals surface area contributed by atoms with Crippen LogP contribution in [0.25, 0.3) is 11.3 Å². The van der Waals surface area contributed by atoms with E-state index in [1.807, 2.05) is 42.5 Å². The molecule has 2 amide bonds.